The summed E-state index contributed by atoms with van der Waals surface area (Å²) >= 11 is 1.44. The van der Waals surface area contributed by atoms with Gasteiger partial charge in [-0.25, -0.2) is 17.7 Å². The van der Waals surface area contributed by atoms with Crippen molar-refractivity contribution >= 4 is 42.6 Å². The van der Waals surface area contributed by atoms with Crippen LogP contribution in [0.3, 0.4) is 0 Å². The Morgan fingerprint density at radius 2 is 2.16 bits per heavy atom. The summed E-state index contributed by atoms with van der Waals surface area (Å²) in [6.07, 6.45) is 5.89. The summed E-state index contributed by atoms with van der Waals surface area (Å²) in [5, 5.41) is 0.568. The zero-order valence-electron chi connectivity index (χ0n) is 18.3. The molecule has 2 aromatic heterocycles. The maximum absolute atomic E-state index is 13.7. The topological polar surface area (TPSA) is 92.7 Å². The van der Waals surface area contributed by atoms with E-state index in [1.165, 1.54) is 21.9 Å². The standard InChI is InChI=1S/C22H26N4O4S2/c1-15-8-9-18(30-2)19-20(15)31-22(24-19)26(13-16-6-4-10-23-12-16)21(27)17-7-5-11-25(14-17)32(3,28)29/h4,6,8-10,12,17H,5,7,11,13-14H2,1-3H3. The molecule has 0 saturated carbocycles. The lowest BCUT2D eigenvalue weighted by Gasteiger charge is -2.33. The molecule has 4 rings (SSSR count). The Labute approximate surface area is 191 Å². The number of hydrogen-bond acceptors (Lipinski definition) is 7. The Morgan fingerprint density at radius 3 is 2.84 bits per heavy atom. The molecule has 0 spiro atoms. The van der Waals surface area contributed by atoms with Crippen LogP contribution in [0.1, 0.15) is 24.0 Å². The minimum Gasteiger partial charge on any atom is -0.494 e. The molecule has 8 nitrogen and oxygen atoms in total. The van der Waals surface area contributed by atoms with Crippen LogP contribution in [0.25, 0.3) is 10.2 Å². The van der Waals surface area contributed by atoms with Gasteiger partial charge in [-0.15, -0.1) is 0 Å². The third kappa shape index (κ3) is 4.62. The number of piperidine rings is 1. The van der Waals surface area contributed by atoms with Gasteiger partial charge in [0.05, 0.1) is 30.5 Å². The van der Waals surface area contributed by atoms with Crippen molar-refractivity contribution in [1.82, 2.24) is 14.3 Å². The van der Waals surface area contributed by atoms with Crippen molar-refractivity contribution in [3.63, 3.8) is 0 Å². The fraction of sp³-hybridized carbons (Fsp3) is 0.409. The number of anilines is 1. The molecule has 1 aliphatic rings. The van der Waals surface area contributed by atoms with Crippen molar-refractivity contribution in [2.45, 2.75) is 26.3 Å². The van der Waals surface area contributed by atoms with Gasteiger partial charge in [-0.1, -0.05) is 23.5 Å². The van der Waals surface area contributed by atoms with Crippen molar-refractivity contribution in [3.8, 4) is 5.75 Å². The first-order valence-corrected chi connectivity index (χ1v) is 13.0. The zero-order valence-corrected chi connectivity index (χ0v) is 19.9. The number of benzene rings is 1. The highest BCUT2D eigenvalue weighted by atomic mass is 32.2. The molecule has 1 unspecified atom stereocenters. The molecule has 32 heavy (non-hydrogen) atoms. The average molecular weight is 475 g/mol. The Bertz CT molecular complexity index is 1230. The average Bonchev–Trinajstić information content (AvgIpc) is 3.24. The summed E-state index contributed by atoms with van der Waals surface area (Å²) in [6, 6.07) is 7.59. The lowest BCUT2D eigenvalue weighted by Crippen LogP contribution is -2.46. The Kier molecular flexibility index (Phi) is 6.45. The molecule has 1 aromatic carbocycles. The molecule has 3 aromatic rings. The molecule has 0 bridgehead atoms. The molecule has 10 heteroatoms. The highest BCUT2D eigenvalue weighted by Crippen LogP contribution is 2.37. The van der Waals surface area contributed by atoms with Crippen LogP contribution in [0.4, 0.5) is 5.13 Å². The monoisotopic (exact) mass is 474 g/mol. The third-order valence-electron chi connectivity index (χ3n) is 5.67. The van der Waals surface area contributed by atoms with E-state index in [-0.39, 0.29) is 12.5 Å². The molecular formula is C22H26N4O4S2. The van der Waals surface area contributed by atoms with E-state index in [4.69, 9.17) is 9.72 Å². The summed E-state index contributed by atoms with van der Waals surface area (Å²) < 4.78 is 32.0. The first-order valence-electron chi connectivity index (χ1n) is 10.4. The SMILES string of the molecule is COc1ccc(C)c2sc(N(Cc3cccnc3)C(=O)C3CCCN(S(C)(=O)=O)C3)nc12. The number of aryl methyl sites for hydroxylation is 1. The van der Waals surface area contributed by atoms with E-state index in [0.717, 1.165) is 21.3 Å². The number of fused-ring (bicyclic) bond motifs is 1. The number of rotatable bonds is 6. The van der Waals surface area contributed by atoms with E-state index in [1.54, 1.807) is 24.4 Å². The van der Waals surface area contributed by atoms with Gasteiger partial charge in [-0.3, -0.25) is 14.7 Å². The number of methoxy groups -OCH3 is 1. The number of hydrogen-bond donors (Lipinski definition) is 0. The van der Waals surface area contributed by atoms with Gasteiger partial charge in [-0.05, 0) is 43.0 Å². The molecule has 3 heterocycles. The molecule has 170 valence electrons. The number of aromatic nitrogens is 2. The zero-order chi connectivity index (χ0) is 22.9. The van der Waals surface area contributed by atoms with Crippen LogP contribution in [-0.2, 0) is 21.4 Å². The number of carbonyl (C=O) groups excluding carboxylic acids is 1. The molecule has 0 N–H and O–H groups in total. The van der Waals surface area contributed by atoms with E-state index < -0.39 is 15.9 Å². The maximum Gasteiger partial charge on any atom is 0.233 e. The van der Waals surface area contributed by atoms with Gasteiger partial charge in [0, 0.05) is 25.5 Å². The van der Waals surface area contributed by atoms with Crippen LogP contribution in [0, 0.1) is 12.8 Å². The van der Waals surface area contributed by atoms with Crippen LogP contribution in [-0.4, -0.2) is 55.1 Å². The Hall–Kier alpha value is -2.56. The van der Waals surface area contributed by atoms with Gasteiger partial charge in [0.2, 0.25) is 15.9 Å². The summed E-state index contributed by atoms with van der Waals surface area (Å²) in [6.45, 7) is 2.95. The van der Waals surface area contributed by atoms with Crippen LogP contribution in [0.15, 0.2) is 36.7 Å². The second-order valence-corrected chi connectivity index (χ2v) is 11.0. The molecule has 1 aliphatic heterocycles. The van der Waals surface area contributed by atoms with Crippen LogP contribution >= 0.6 is 11.3 Å². The fourth-order valence-electron chi connectivity index (χ4n) is 3.96. The lowest BCUT2D eigenvalue weighted by atomic mass is 9.98. The molecule has 1 atom stereocenters. The van der Waals surface area contributed by atoms with Crippen LogP contribution in [0.2, 0.25) is 0 Å². The second kappa shape index (κ2) is 9.13. The smallest absolute Gasteiger partial charge is 0.233 e. The van der Waals surface area contributed by atoms with E-state index in [9.17, 15) is 13.2 Å². The van der Waals surface area contributed by atoms with Crippen molar-refractivity contribution in [2.24, 2.45) is 5.92 Å². The Morgan fingerprint density at radius 1 is 1.34 bits per heavy atom. The van der Waals surface area contributed by atoms with E-state index >= 15 is 0 Å². The maximum atomic E-state index is 13.7. The van der Waals surface area contributed by atoms with Gasteiger partial charge >= 0.3 is 0 Å². The molecule has 1 saturated heterocycles. The van der Waals surface area contributed by atoms with Gasteiger partial charge < -0.3 is 4.74 Å². The number of sulfonamides is 1. The quantitative estimate of drug-likeness (QED) is 0.545. The predicted molar refractivity (Wildman–Crippen MR) is 125 cm³/mol. The van der Waals surface area contributed by atoms with E-state index in [2.05, 4.69) is 4.98 Å². The van der Waals surface area contributed by atoms with Crippen LogP contribution in [0.5, 0.6) is 5.75 Å². The minimum atomic E-state index is -3.35. The third-order valence-corrected chi connectivity index (χ3v) is 8.16. The van der Waals surface area contributed by atoms with E-state index in [1.807, 2.05) is 31.2 Å². The van der Waals surface area contributed by atoms with Gasteiger partial charge in [0.1, 0.15) is 11.3 Å². The molecular weight excluding hydrogens is 448 g/mol. The first kappa shape index (κ1) is 22.6. The Balaban J connectivity index is 1.73. The molecule has 0 radical (unpaired) electrons. The minimum absolute atomic E-state index is 0.127. The summed E-state index contributed by atoms with van der Waals surface area (Å²) in [5.41, 5.74) is 2.65. The van der Waals surface area contributed by atoms with Gasteiger partial charge in [0.25, 0.3) is 0 Å². The molecule has 1 amide bonds. The number of pyridine rings is 1. The van der Waals surface area contributed by atoms with Crippen molar-refractivity contribution < 1.29 is 17.9 Å². The lowest BCUT2D eigenvalue weighted by molar-refractivity contribution is -0.123. The first-order chi connectivity index (χ1) is 15.3. The van der Waals surface area contributed by atoms with Gasteiger partial charge in [0.15, 0.2) is 5.13 Å². The summed E-state index contributed by atoms with van der Waals surface area (Å²) in [7, 11) is -1.75. The highest BCUT2D eigenvalue weighted by molar-refractivity contribution is 7.88. The number of thiazole rings is 1. The van der Waals surface area contributed by atoms with Gasteiger partial charge in [-0.2, -0.15) is 0 Å². The summed E-state index contributed by atoms with van der Waals surface area (Å²) in [5.74, 6) is 0.103. The molecule has 1 fully saturated rings. The fourth-order valence-corrected chi connectivity index (χ4v) is 5.93. The van der Waals surface area contributed by atoms with Crippen molar-refractivity contribution in [1.29, 1.82) is 0 Å². The largest absolute Gasteiger partial charge is 0.494 e. The van der Waals surface area contributed by atoms with Crippen molar-refractivity contribution in [3.05, 3.63) is 47.8 Å². The number of ether oxygens (including phenoxy) is 1. The normalized spacial score (nSPS) is 17.4. The van der Waals surface area contributed by atoms with E-state index in [0.29, 0.717) is 36.8 Å². The van der Waals surface area contributed by atoms with Crippen molar-refractivity contribution in [2.75, 3.05) is 31.4 Å². The number of carbonyl (C=O) groups is 1. The van der Waals surface area contributed by atoms with Crippen LogP contribution < -0.4 is 9.64 Å². The summed E-state index contributed by atoms with van der Waals surface area (Å²) in [4.78, 5) is 24.3. The number of amides is 1. The second-order valence-electron chi connectivity index (χ2n) is 8.00. The highest BCUT2D eigenvalue weighted by Gasteiger charge is 2.34. The molecule has 0 aliphatic carbocycles. The number of nitrogens with zero attached hydrogens (tertiary/aromatic N) is 4. The predicted octanol–water partition coefficient (Wildman–Crippen LogP) is 3.21.